The SMILES string of the molecule is CC(C)C1CCN(CC(C)(C)F)CC1.CC(C)C1CCN(CC(C)(C)F)CC1.CC(C)C1CCN(CC(F)(F)F)CC1.CC(C)C1CCN(CC(F)F)CC1.CCCN1CCC(C(C)C)CC1. The minimum absolute atomic E-state index is 0.0369. The molecule has 5 nitrogen and oxygen atoms in total. The molecule has 0 aromatic carbocycles. The van der Waals surface area contributed by atoms with Crippen molar-refractivity contribution < 1.29 is 30.7 Å². The summed E-state index contributed by atoms with van der Waals surface area (Å²) in [5.74, 6) is 7.84. The van der Waals surface area contributed by atoms with Crippen molar-refractivity contribution in [3.63, 3.8) is 0 Å². The van der Waals surface area contributed by atoms with E-state index in [1.165, 1.54) is 69.5 Å². The predicted octanol–water partition coefficient (Wildman–Crippen LogP) is 14.5. The Morgan fingerprint density at radius 2 is 0.597 bits per heavy atom. The Morgan fingerprint density at radius 3 is 0.791 bits per heavy atom. The summed E-state index contributed by atoms with van der Waals surface area (Å²) in [7, 11) is 0. The van der Waals surface area contributed by atoms with E-state index < -0.39 is 30.5 Å². The summed E-state index contributed by atoms with van der Waals surface area (Å²) in [5.41, 5.74) is -2.07. The summed E-state index contributed by atoms with van der Waals surface area (Å²) in [5, 5.41) is 0. The van der Waals surface area contributed by atoms with Gasteiger partial charge in [0.2, 0.25) is 0 Å². The maximum Gasteiger partial charge on any atom is 0.401 e. The third kappa shape index (κ3) is 31.4. The lowest BCUT2D eigenvalue weighted by atomic mass is 9.86. The van der Waals surface area contributed by atoms with Gasteiger partial charge in [-0.3, -0.25) is 9.80 Å². The Hall–Kier alpha value is -0.690. The summed E-state index contributed by atoms with van der Waals surface area (Å²) in [4.78, 5) is 10.5. The number of likely N-dealkylation sites (tertiary alicyclic amines) is 5. The van der Waals surface area contributed by atoms with Crippen molar-refractivity contribution in [3.05, 3.63) is 0 Å². The summed E-state index contributed by atoms with van der Waals surface area (Å²) < 4.78 is 87.0. The van der Waals surface area contributed by atoms with Gasteiger partial charge in [0.15, 0.2) is 0 Å². The second-order valence-electron chi connectivity index (χ2n) is 24.3. The van der Waals surface area contributed by atoms with Crippen molar-refractivity contribution >= 4 is 0 Å². The molecular formula is C55H108F7N5. The van der Waals surface area contributed by atoms with Crippen molar-refractivity contribution in [2.75, 3.05) is 98.2 Å². The third-order valence-electron chi connectivity index (χ3n) is 15.4. The van der Waals surface area contributed by atoms with E-state index in [4.69, 9.17) is 0 Å². The number of rotatable bonds is 14. The summed E-state index contributed by atoms with van der Waals surface area (Å²) in [6, 6.07) is 0. The molecule has 0 atom stereocenters. The van der Waals surface area contributed by atoms with Gasteiger partial charge in [0.25, 0.3) is 6.43 Å². The largest absolute Gasteiger partial charge is 0.401 e. The monoisotopic (exact) mass is 972 g/mol. The number of halogens is 7. The Balaban J connectivity index is 0.000000419. The molecule has 0 aromatic heterocycles. The summed E-state index contributed by atoms with van der Waals surface area (Å²) in [6.45, 7) is 43.2. The Labute approximate surface area is 409 Å². The Morgan fingerprint density at radius 1 is 0.373 bits per heavy atom. The van der Waals surface area contributed by atoms with Crippen LogP contribution < -0.4 is 0 Å². The molecule has 0 radical (unpaired) electrons. The van der Waals surface area contributed by atoms with Crippen LogP contribution in [0, 0.1) is 59.2 Å². The molecule has 0 amide bonds. The van der Waals surface area contributed by atoms with E-state index in [-0.39, 0.29) is 6.54 Å². The van der Waals surface area contributed by atoms with Gasteiger partial charge in [0, 0.05) is 13.1 Å². The first-order chi connectivity index (χ1) is 31.0. The van der Waals surface area contributed by atoms with E-state index in [0.717, 1.165) is 106 Å². The van der Waals surface area contributed by atoms with Crippen LogP contribution in [0.15, 0.2) is 0 Å². The van der Waals surface area contributed by atoms with Crippen molar-refractivity contribution in [2.24, 2.45) is 59.2 Å². The van der Waals surface area contributed by atoms with Gasteiger partial charge in [-0.25, -0.2) is 17.6 Å². The molecule has 0 unspecified atom stereocenters. The number of nitrogens with zero attached hydrogens (tertiary/aromatic N) is 5. The standard InChI is InChI=1S/2C12H24FN.C11H23N.C10H18F3N.C10H19F2N/c2*1-10(2)11-5-7-14(8-6-11)9-12(3,4)13;1-4-7-12-8-5-11(6-9-12)10(2)3;1-8(2)9-3-5-14(6-4-9)7-10(11,12)13;1-8(2)9-3-5-13(6-4-9)7-10(11)12/h2*10-11H,5-9H2,1-4H3;10-11H,4-9H2,1-3H3;8-9H,3-7H2,1-2H3;8-10H,3-7H2,1-2H3. The van der Waals surface area contributed by atoms with E-state index in [0.29, 0.717) is 43.9 Å². The van der Waals surface area contributed by atoms with Gasteiger partial charge in [0.05, 0.1) is 13.1 Å². The molecule has 5 aliphatic heterocycles. The van der Waals surface area contributed by atoms with Gasteiger partial charge >= 0.3 is 6.18 Å². The molecule has 0 aliphatic carbocycles. The highest BCUT2D eigenvalue weighted by Gasteiger charge is 2.33. The molecule has 0 N–H and O–H groups in total. The number of piperidine rings is 5. The van der Waals surface area contributed by atoms with Crippen molar-refractivity contribution in [3.8, 4) is 0 Å². The zero-order valence-corrected chi connectivity index (χ0v) is 46.1. The number of hydrogen-bond donors (Lipinski definition) is 0. The van der Waals surface area contributed by atoms with Gasteiger partial charge in [-0.05, 0) is 229 Å². The lowest BCUT2D eigenvalue weighted by Gasteiger charge is -2.35. The van der Waals surface area contributed by atoms with E-state index in [9.17, 15) is 30.7 Å². The molecule has 5 rings (SSSR count). The normalized spacial score (nSPS) is 21.9. The number of alkyl halides is 7. The molecule has 0 bridgehead atoms. The maximum absolute atomic E-state index is 13.4. The zero-order valence-electron chi connectivity index (χ0n) is 46.1. The van der Waals surface area contributed by atoms with Gasteiger partial charge < -0.3 is 14.7 Å². The average Bonchev–Trinajstić information content (AvgIpc) is 3.21. The fraction of sp³-hybridized carbons (Fsp3) is 1.00. The first-order valence-electron chi connectivity index (χ1n) is 27.3. The smallest absolute Gasteiger partial charge is 0.303 e. The molecule has 5 fully saturated rings. The highest BCUT2D eigenvalue weighted by molar-refractivity contribution is 4.81. The Bertz CT molecular complexity index is 1080. The van der Waals surface area contributed by atoms with Crippen LogP contribution in [0.25, 0.3) is 0 Å². The van der Waals surface area contributed by atoms with Crippen molar-refractivity contribution in [1.29, 1.82) is 0 Å². The van der Waals surface area contributed by atoms with E-state index in [2.05, 4.69) is 90.9 Å². The van der Waals surface area contributed by atoms with Crippen LogP contribution in [0.3, 0.4) is 0 Å². The minimum atomic E-state index is -4.04. The summed E-state index contributed by atoms with van der Waals surface area (Å²) in [6.07, 6.45) is 6.93. The highest BCUT2D eigenvalue weighted by Crippen LogP contribution is 2.30. The molecule has 5 saturated heterocycles. The van der Waals surface area contributed by atoms with E-state index in [1.54, 1.807) is 27.7 Å². The van der Waals surface area contributed by atoms with Gasteiger partial charge in [-0.2, -0.15) is 13.2 Å². The molecule has 67 heavy (non-hydrogen) atoms. The molecule has 5 aliphatic rings. The lowest BCUT2D eigenvalue weighted by Crippen LogP contribution is -2.41. The fourth-order valence-electron chi connectivity index (χ4n) is 10.8. The second kappa shape index (κ2) is 32.4. The first-order valence-corrected chi connectivity index (χ1v) is 27.3. The molecule has 0 saturated carbocycles. The van der Waals surface area contributed by atoms with Crippen LogP contribution in [0.5, 0.6) is 0 Å². The first kappa shape index (κ1) is 64.3. The van der Waals surface area contributed by atoms with Crippen LogP contribution in [-0.2, 0) is 0 Å². The number of hydrogen-bond acceptors (Lipinski definition) is 5. The van der Waals surface area contributed by atoms with Crippen LogP contribution in [-0.4, -0.2) is 147 Å². The van der Waals surface area contributed by atoms with Crippen LogP contribution >= 0.6 is 0 Å². The molecular weight excluding hydrogens is 864 g/mol. The molecule has 0 spiro atoms. The van der Waals surface area contributed by atoms with Crippen LogP contribution in [0.2, 0.25) is 0 Å². The molecule has 0 aromatic rings. The van der Waals surface area contributed by atoms with Crippen LogP contribution in [0.4, 0.5) is 30.7 Å². The molecule has 402 valence electrons. The Kier molecular flexibility index (Phi) is 31.1. The van der Waals surface area contributed by atoms with Gasteiger partial charge in [0.1, 0.15) is 11.3 Å². The highest BCUT2D eigenvalue weighted by atomic mass is 19.4. The predicted molar refractivity (Wildman–Crippen MR) is 273 cm³/mol. The topological polar surface area (TPSA) is 16.2 Å². The van der Waals surface area contributed by atoms with Crippen LogP contribution in [0.1, 0.15) is 174 Å². The average molecular weight is 972 g/mol. The zero-order chi connectivity index (χ0) is 51.1. The quantitative estimate of drug-likeness (QED) is 0.161. The maximum atomic E-state index is 13.4. The van der Waals surface area contributed by atoms with Gasteiger partial charge in [-0.1, -0.05) is 76.2 Å². The van der Waals surface area contributed by atoms with E-state index in [1.807, 2.05) is 4.90 Å². The fourth-order valence-corrected chi connectivity index (χ4v) is 10.8. The second-order valence-corrected chi connectivity index (χ2v) is 24.3. The van der Waals surface area contributed by atoms with Crippen molar-refractivity contribution in [2.45, 2.75) is 198 Å². The van der Waals surface area contributed by atoms with Crippen molar-refractivity contribution in [1.82, 2.24) is 24.5 Å². The third-order valence-corrected chi connectivity index (χ3v) is 15.4. The minimum Gasteiger partial charge on any atom is -0.303 e. The summed E-state index contributed by atoms with van der Waals surface area (Å²) >= 11 is 0. The molecule has 12 heteroatoms. The van der Waals surface area contributed by atoms with E-state index >= 15 is 0 Å². The molecule has 5 heterocycles. The lowest BCUT2D eigenvalue weighted by molar-refractivity contribution is -0.149. The van der Waals surface area contributed by atoms with Gasteiger partial charge in [-0.15, -0.1) is 0 Å².